The van der Waals surface area contributed by atoms with E-state index >= 15 is 8.78 Å². The third-order valence-electron chi connectivity index (χ3n) is 17.6. The van der Waals surface area contributed by atoms with E-state index in [1.165, 1.54) is 38.5 Å². The van der Waals surface area contributed by atoms with Gasteiger partial charge in [0.25, 0.3) is 5.91 Å². The summed E-state index contributed by atoms with van der Waals surface area (Å²) in [4.78, 5) is 38.2. The van der Waals surface area contributed by atoms with Gasteiger partial charge in [0.2, 0.25) is 0 Å². The van der Waals surface area contributed by atoms with Gasteiger partial charge in [-0.15, -0.1) is 6.42 Å². The zero-order chi connectivity index (χ0) is 60.1. The summed E-state index contributed by atoms with van der Waals surface area (Å²) in [6.45, 7) is 13.3. The Morgan fingerprint density at radius 1 is 0.906 bits per heavy atom. The topological polar surface area (TPSA) is 192 Å². The molecular weight excluding hydrogens is 1100 g/mol. The van der Waals surface area contributed by atoms with Crippen LogP contribution in [0.4, 0.5) is 33.5 Å². The molecule has 2 aromatic heterocycles. The second-order valence-corrected chi connectivity index (χ2v) is 23.7. The molecule has 3 unspecified atom stereocenters. The lowest BCUT2D eigenvalue weighted by atomic mass is 9.96. The smallest absolute Gasteiger partial charge is 0.408 e. The van der Waals surface area contributed by atoms with Crippen LogP contribution in [0.25, 0.3) is 32.9 Å². The molecule has 22 heteroatoms. The summed E-state index contributed by atoms with van der Waals surface area (Å²) >= 11 is 0. The summed E-state index contributed by atoms with van der Waals surface area (Å²) in [5, 5.41) is 35.6. The maximum Gasteiger partial charge on any atom is 0.408 e. The number of anilines is 2. The number of pyridine rings is 1. The summed E-state index contributed by atoms with van der Waals surface area (Å²) in [6, 6.07) is 14.6. The number of terminal acetylenes is 1. The van der Waals surface area contributed by atoms with Gasteiger partial charge in [0, 0.05) is 105 Å². The summed E-state index contributed by atoms with van der Waals surface area (Å²) in [6.07, 6.45) is 8.57. The van der Waals surface area contributed by atoms with Crippen LogP contribution in [0.1, 0.15) is 87.5 Å². The number of hydrogen-bond acceptors (Lipinski definition) is 15. The minimum absolute atomic E-state index is 0.0110. The Kier molecular flexibility index (Phi) is 16.7. The van der Waals surface area contributed by atoms with Gasteiger partial charge in [-0.3, -0.25) is 35.3 Å². The van der Waals surface area contributed by atoms with Crippen LogP contribution in [0.3, 0.4) is 0 Å². The Labute approximate surface area is 490 Å². The van der Waals surface area contributed by atoms with Gasteiger partial charge >= 0.3 is 12.2 Å². The van der Waals surface area contributed by atoms with Crippen LogP contribution in [-0.4, -0.2) is 162 Å². The van der Waals surface area contributed by atoms with E-state index < -0.39 is 35.6 Å². The van der Waals surface area contributed by atoms with E-state index in [0.29, 0.717) is 54.6 Å². The molecule has 6 aromatic rings. The van der Waals surface area contributed by atoms with Crippen LogP contribution in [0.2, 0.25) is 0 Å². The molecule has 6 heterocycles. The molecule has 4 aromatic carbocycles. The van der Waals surface area contributed by atoms with Gasteiger partial charge in [-0.05, 0) is 117 Å². The largest absolute Gasteiger partial charge is 0.508 e. The summed E-state index contributed by atoms with van der Waals surface area (Å²) in [5.41, 5.74) is 2.02. The number of piperazine rings is 2. The number of amidine groups is 2. The Morgan fingerprint density at radius 3 is 2.24 bits per heavy atom. The second kappa shape index (κ2) is 24.0. The van der Waals surface area contributed by atoms with E-state index in [-0.39, 0.29) is 85.7 Å². The molecule has 85 heavy (non-hydrogen) atoms. The number of likely N-dealkylation sites (tertiary alicyclic amines) is 1. The number of fused-ring (bicyclic) bond motifs is 4. The Balaban J connectivity index is 0.721. The summed E-state index contributed by atoms with van der Waals surface area (Å²) in [5.74, 6) is -0.413. The van der Waals surface area contributed by atoms with Gasteiger partial charge in [0.1, 0.15) is 52.0 Å². The zero-order valence-electron chi connectivity index (χ0n) is 48.4. The lowest BCUT2D eigenvalue weighted by Gasteiger charge is -2.43. The van der Waals surface area contributed by atoms with Crippen molar-refractivity contribution in [3.8, 4) is 46.9 Å². The third-order valence-corrected chi connectivity index (χ3v) is 17.6. The number of benzene rings is 4. The quantitative estimate of drug-likeness (QED) is 0.0267. The number of amides is 1. The monoisotopic (exact) mass is 1170 g/mol. The van der Waals surface area contributed by atoms with Crippen LogP contribution < -0.4 is 34.6 Å². The van der Waals surface area contributed by atoms with Crippen LogP contribution in [0, 0.1) is 40.2 Å². The highest BCUT2D eigenvalue weighted by Crippen LogP contribution is 2.47. The fraction of sp³-hybridized carbons (Fsp3) is 0.460. The van der Waals surface area contributed by atoms with Crippen molar-refractivity contribution in [3.63, 3.8) is 0 Å². The van der Waals surface area contributed by atoms with Crippen LogP contribution >= 0.6 is 0 Å². The molecule has 448 valence electrons. The molecule has 1 amide bonds. The summed E-state index contributed by atoms with van der Waals surface area (Å²) in [7, 11) is 2.93. The number of hydrogen-bond donors (Lipinski definition) is 5. The number of ether oxygens (including phenoxy) is 3. The highest BCUT2D eigenvalue weighted by Gasteiger charge is 2.46. The fourth-order valence-corrected chi connectivity index (χ4v) is 12.7. The molecule has 0 spiro atoms. The molecule has 3 atom stereocenters. The first-order valence-corrected chi connectivity index (χ1v) is 29.0. The van der Waals surface area contributed by atoms with E-state index in [1.807, 2.05) is 31.3 Å². The molecule has 4 aliphatic heterocycles. The van der Waals surface area contributed by atoms with Gasteiger partial charge in [-0.1, -0.05) is 38.0 Å². The van der Waals surface area contributed by atoms with Gasteiger partial charge in [-0.25, -0.2) is 8.78 Å². The molecule has 1 saturated carbocycles. The molecule has 4 saturated heterocycles. The van der Waals surface area contributed by atoms with Crippen molar-refractivity contribution in [2.75, 3.05) is 89.5 Å². The lowest BCUT2D eigenvalue weighted by Crippen LogP contribution is -2.54. The normalized spacial score (nSPS) is 19.7. The number of carbonyl (C=O) groups is 1. The Hall–Kier alpha value is -7.71. The molecule has 17 nitrogen and oxygen atoms in total. The van der Waals surface area contributed by atoms with E-state index in [4.69, 9.17) is 36.0 Å². The maximum atomic E-state index is 17.2. The predicted molar refractivity (Wildman–Crippen MR) is 316 cm³/mol. The number of piperidine rings is 1. The van der Waals surface area contributed by atoms with E-state index in [9.17, 15) is 28.5 Å². The number of aromatic nitrogens is 3. The highest BCUT2D eigenvalue weighted by atomic mass is 19.4. The van der Waals surface area contributed by atoms with E-state index in [2.05, 4.69) is 35.8 Å². The number of halogens is 5. The third kappa shape index (κ3) is 12.3. The average molecular weight is 1170 g/mol. The number of phenols is 1. The van der Waals surface area contributed by atoms with Crippen LogP contribution in [0.5, 0.6) is 23.3 Å². The number of nitrogens with zero attached hydrogens (tertiary/aromatic N) is 8. The molecule has 5 N–H and O–H groups in total. The SMILES string of the molecule is C#Cc1c(F)ccc2cc(O)cc(-c3ncc4c(N5CC6CCC(C5)N6)nc(OCC5(CN6CCN(C7CCN(Cc8ccc(N(C(=N)C(=O)NC(C)C(F)(F)F)C(=N)c9cc(C(C)C)c(OC)cc9OC)cc8)CC7)CC6)CC5)nc4c3F)c12. The van der Waals surface area contributed by atoms with E-state index in [1.54, 1.807) is 30.5 Å². The van der Waals surface area contributed by atoms with Crippen molar-refractivity contribution in [2.24, 2.45) is 5.41 Å². The molecule has 5 aliphatic rings. The Morgan fingerprint density at radius 2 is 1.60 bits per heavy atom. The fourth-order valence-electron chi connectivity index (χ4n) is 12.7. The average Bonchev–Trinajstić information content (AvgIpc) is 2.38. The number of alkyl halides is 3. The molecule has 0 radical (unpaired) electrons. The summed E-state index contributed by atoms with van der Waals surface area (Å²) < 4.78 is 90.8. The first kappa shape index (κ1) is 59.0. The van der Waals surface area contributed by atoms with Crippen LogP contribution in [-0.2, 0) is 11.3 Å². The minimum Gasteiger partial charge on any atom is -0.508 e. The first-order chi connectivity index (χ1) is 40.7. The molecule has 5 fully saturated rings. The van der Waals surface area contributed by atoms with Gasteiger partial charge in [0.15, 0.2) is 11.7 Å². The maximum absolute atomic E-state index is 17.2. The highest BCUT2D eigenvalue weighted by molar-refractivity contribution is 6.48. The van der Waals surface area contributed by atoms with Gasteiger partial charge < -0.3 is 39.8 Å². The van der Waals surface area contributed by atoms with Crippen molar-refractivity contribution >= 4 is 50.8 Å². The lowest BCUT2D eigenvalue weighted by molar-refractivity contribution is -0.156. The van der Waals surface area contributed by atoms with Crippen molar-refractivity contribution in [3.05, 3.63) is 101 Å². The number of carbonyl (C=O) groups excluding carboxylic acids is 1. The van der Waals surface area contributed by atoms with Crippen molar-refractivity contribution in [1.82, 2.24) is 40.3 Å². The number of nitrogens with one attached hydrogen (secondary N) is 4. The van der Waals surface area contributed by atoms with Crippen molar-refractivity contribution < 1.29 is 46.1 Å². The molecule has 1 aliphatic carbocycles. The number of methoxy groups -OCH3 is 2. The number of rotatable bonds is 16. The molecule has 2 bridgehead atoms. The van der Waals surface area contributed by atoms with Crippen molar-refractivity contribution in [1.29, 1.82) is 10.8 Å². The zero-order valence-corrected chi connectivity index (χ0v) is 48.4. The van der Waals surface area contributed by atoms with Gasteiger partial charge in [0.05, 0.1) is 37.3 Å². The van der Waals surface area contributed by atoms with Crippen molar-refractivity contribution in [2.45, 2.75) is 102 Å². The van der Waals surface area contributed by atoms with E-state index in [0.717, 1.165) is 107 Å². The standard InChI is InChI=1S/C63H71F5N12O5/c1-7-45-50(64)15-10-39-26-44(81)27-48(53(39)45)55-54(65)56-49(30-71-55)59(79-32-40-11-12-41(33-79)73-40)75-61(74-56)85-35-62(18-19-62)34-77-22-24-78(25-23-77)42-16-20-76(21-17-42)31-38-8-13-43(14-9-38)80(58(70)60(82)72-37(4)63(66,67)68)57(69)47-28-46(36(2)3)51(83-5)29-52(47)84-6/h1,8-10,13-15,26-30,36-37,40-42,69-70,73,81H,11-12,16-25,31-35H2,2-6H3,(H,72,82). The Bertz CT molecular complexity index is 3570. The van der Waals surface area contributed by atoms with Gasteiger partial charge in [-0.2, -0.15) is 23.1 Å². The van der Waals surface area contributed by atoms with Crippen LogP contribution in [0.15, 0.2) is 66.9 Å². The molecular formula is C63H71F5N12O5. The molecule has 11 rings (SSSR count). The number of phenolic OH excluding ortho intramolecular Hbond substituents is 1. The predicted octanol–water partition coefficient (Wildman–Crippen LogP) is 9.21. The minimum atomic E-state index is -4.74. The second-order valence-electron chi connectivity index (χ2n) is 23.7. The number of aromatic hydroxyl groups is 1. The first-order valence-electron chi connectivity index (χ1n) is 29.0.